The number of nitrogens with two attached hydrogens (primary N) is 3. The SMILES string of the molecule is C=CCN(CC(=O)N(CCCCCCCC)CCC[C@@H](C)[C@H]1CC[C@H]2C3[C@H](OCCCN)CC4C[C@H](OCCCN)CCC4(C)[C@H]3C[C@H](OCCCN)[C@]12C)C(=O)CCCCCNc1ccc([N+](=O)[O-])c2nonc12. The molecule has 4 saturated carbocycles. The van der Waals surface area contributed by atoms with E-state index in [1.165, 1.54) is 51.0 Å². The van der Waals surface area contributed by atoms with Crippen LogP contribution < -0.4 is 22.5 Å². The number of anilines is 1. The highest BCUT2D eigenvalue weighted by Crippen LogP contribution is 2.69. The molecule has 3 unspecified atom stereocenters. The number of hydrogen-bond donors (Lipinski definition) is 4. The van der Waals surface area contributed by atoms with Gasteiger partial charge in [0, 0.05) is 63.9 Å². The number of ether oxygens (including phenoxy) is 3. The average Bonchev–Trinajstić information content (AvgIpc) is 4.04. The number of carbonyl (C=O) groups excluding carboxylic acids is 2. The fourth-order valence-electron chi connectivity index (χ4n) is 14.6. The number of nitro benzene ring substituents is 1. The Labute approximate surface area is 449 Å². The molecule has 1 aromatic heterocycles. The molecule has 4 aliphatic rings. The number of carbonyl (C=O) groups is 2. The molecule has 1 aromatic carbocycles. The molecule has 17 nitrogen and oxygen atoms in total. The Morgan fingerprint density at radius 1 is 0.840 bits per heavy atom. The summed E-state index contributed by atoms with van der Waals surface area (Å²) in [6.07, 6.45) is 24.1. The zero-order valence-corrected chi connectivity index (χ0v) is 46.7. The summed E-state index contributed by atoms with van der Waals surface area (Å²) in [5, 5.41) is 22.2. The van der Waals surface area contributed by atoms with Crippen molar-refractivity contribution in [1.29, 1.82) is 0 Å². The maximum atomic E-state index is 14.4. The van der Waals surface area contributed by atoms with Gasteiger partial charge in [0.1, 0.15) is 6.54 Å². The predicted octanol–water partition coefficient (Wildman–Crippen LogP) is 9.80. The largest absolute Gasteiger partial charge is 0.383 e. The summed E-state index contributed by atoms with van der Waals surface area (Å²) in [5.41, 5.74) is 19.0. The fraction of sp³-hybridized carbons (Fsp3) is 0.828. The van der Waals surface area contributed by atoms with Crippen molar-refractivity contribution in [2.45, 2.75) is 187 Å². The second-order valence-electron chi connectivity index (χ2n) is 23.4. The van der Waals surface area contributed by atoms with Gasteiger partial charge in [-0.25, -0.2) is 4.63 Å². The number of aromatic nitrogens is 2. The van der Waals surface area contributed by atoms with Crippen molar-refractivity contribution in [2.24, 2.45) is 63.5 Å². The van der Waals surface area contributed by atoms with E-state index in [0.29, 0.717) is 119 Å². The van der Waals surface area contributed by atoms with Crippen LogP contribution in [0, 0.1) is 56.5 Å². The molecular weight excluding hydrogens is 951 g/mol. The van der Waals surface area contributed by atoms with Gasteiger partial charge in [0.15, 0.2) is 5.52 Å². The minimum atomic E-state index is -0.507. The van der Waals surface area contributed by atoms with Gasteiger partial charge in [-0.3, -0.25) is 19.7 Å². The van der Waals surface area contributed by atoms with Crippen LogP contribution in [0.4, 0.5) is 11.4 Å². The van der Waals surface area contributed by atoms with Crippen molar-refractivity contribution in [3.05, 3.63) is 34.9 Å². The van der Waals surface area contributed by atoms with Gasteiger partial charge < -0.3 is 46.5 Å². The second kappa shape index (κ2) is 30.4. The van der Waals surface area contributed by atoms with Crippen LogP contribution in [-0.2, 0) is 23.8 Å². The average molecular weight is 1050 g/mol. The van der Waals surface area contributed by atoms with E-state index in [9.17, 15) is 19.7 Å². The Hall–Kier alpha value is -3.74. The summed E-state index contributed by atoms with van der Waals surface area (Å²) in [5.74, 6) is 2.90. The summed E-state index contributed by atoms with van der Waals surface area (Å²) in [6.45, 7) is 20.2. The zero-order chi connectivity index (χ0) is 53.8. The summed E-state index contributed by atoms with van der Waals surface area (Å²) in [4.78, 5) is 42.7. The lowest BCUT2D eigenvalue weighted by molar-refractivity contribution is -0.383. The third-order valence-electron chi connectivity index (χ3n) is 18.7. The van der Waals surface area contributed by atoms with E-state index in [2.05, 4.69) is 49.9 Å². The lowest BCUT2D eigenvalue weighted by Gasteiger charge is -2.65. The van der Waals surface area contributed by atoms with E-state index < -0.39 is 4.92 Å². The van der Waals surface area contributed by atoms with E-state index in [1.807, 2.05) is 4.90 Å². The second-order valence-corrected chi connectivity index (χ2v) is 23.4. The summed E-state index contributed by atoms with van der Waals surface area (Å²) >= 11 is 0. The minimum Gasteiger partial charge on any atom is -0.383 e. The molecule has 17 heteroatoms. The maximum absolute atomic E-state index is 14.4. The molecule has 2 aromatic rings. The highest BCUT2D eigenvalue weighted by atomic mass is 16.6. The Morgan fingerprint density at radius 2 is 1.53 bits per heavy atom. The van der Waals surface area contributed by atoms with E-state index in [0.717, 1.165) is 90.1 Å². The van der Waals surface area contributed by atoms with Gasteiger partial charge in [-0.05, 0) is 173 Å². The molecule has 6 rings (SSSR count). The van der Waals surface area contributed by atoms with E-state index in [1.54, 1.807) is 17.0 Å². The van der Waals surface area contributed by atoms with Gasteiger partial charge in [0.05, 0.1) is 28.9 Å². The van der Waals surface area contributed by atoms with Crippen LogP contribution in [0.5, 0.6) is 0 Å². The van der Waals surface area contributed by atoms with Crippen molar-refractivity contribution in [3.8, 4) is 0 Å². The predicted molar refractivity (Wildman–Crippen MR) is 297 cm³/mol. The maximum Gasteiger partial charge on any atom is 0.300 e. The summed E-state index contributed by atoms with van der Waals surface area (Å²) in [6, 6.07) is 3.00. The standard InChI is InChI=1S/C58H99N9O8/c1-6-8-9-10-11-15-33-65(53(69)41-66(32-7-2)52(68)21-13-12-14-31-62-48-24-25-49(67(70)71)56-55(48)63-75-64-56)34-16-20-42(3)45-22-23-46-54-47(40-51(58(45,46)5)74-37-19-30-61)57(4)27-26-44(72-35-17-28-59)38-43(57)39-50(54)73-36-18-29-60/h7,24-25,42-47,50-51,54,62H,2,6,8-23,26-41,59-61H2,1,3-5H3/t42-,43?,44-,45-,46+,47+,50-,51+,54?,57?,58-/m1/s1. The van der Waals surface area contributed by atoms with E-state index in [-0.39, 0.29) is 58.7 Å². The van der Waals surface area contributed by atoms with Gasteiger partial charge in [0.25, 0.3) is 0 Å². The number of nitrogens with zero attached hydrogens (tertiary/aromatic N) is 5. The molecular formula is C58H99N9O8. The van der Waals surface area contributed by atoms with Crippen LogP contribution in [0.3, 0.4) is 0 Å². The van der Waals surface area contributed by atoms with Gasteiger partial charge in [-0.1, -0.05) is 72.3 Å². The molecule has 4 fully saturated rings. The summed E-state index contributed by atoms with van der Waals surface area (Å²) in [7, 11) is 0. The van der Waals surface area contributed by atoms with Gasteiger partial charge >= 0.3 is 5.69 Å². The highest BCUT2D eigenvalue weighted by molar-refractivity contribution is 5.93. The number of amides is 2. The van der Waals surface area contributed by atoms with Crippen molar-refractivity contribution in [1.82, 2.24) is 20.1 Å². The van der Waals surface area contributed by atoms with E-state index >= 15 is 0 Å². The van der Waals surface area contributed by atoms with Gasteiger partial charge in [0.2, 0.25) is 17.3 Å². The smallest absolute Gasteiger partial charge is 0.300 e. The zero-order valence-electron chi connectivity index (χ0n) is 46.7. The Balaban J connectivity index is 1.08. The lowest BCUT2D eigenvalue weighted by atomic mass is 9.43. The third kappa shape index (κ3) is 15.5. The third-order valence-corrected chi connectivity index (χ3v) is 18.7. The first-order chi connectivity index (χ1) is 36.4. The van der Waals surface area contributed by atoms with Gasteiger partial charge in [-0.2, -0.15) is 0 Å². The number of unbranched alkanes of at least 4 members (excludes halogenated alkanes) is 7. The first kappa shape index (κ1) is 60.5. The van der Waals surface area contributed by atoms with Crippen molar-refractivity contribution in [3.63, 3.8) is 0 Å². The molecule has 0 spiro atoms. The number of fused-ring (bicyclic) bond motifs is 6. The quantitative estimate of drug-likeness (QED) is 0.0215. The number of non-ortho nitro benzene ring substituents is 1. The van der Waals surface area contributed by atoms with Crippen LogP contribution in [-0.4, -0.2) is 127 Å². The molecule has 4 aliphatic carbocycles. The monoisotopic (exact) mass is 1050 g/mol. The number of benzene rings is 1. The molecule has 0 aliphatic heterocycles. The molecule has 2 amide bonds. The number of hydrogen-bond acceptors (Lipinski definition) is 14. The fourth-order valence-corrected chi connectivity index (χ4v) is 14.6. The molecule has 0 radical (unpaired) electrons. The molecule has 75 heavy (non-hydrogen) atoms. The number of rotatable bonds is 36. The molecule has 424 valence electrons. The highest BCUT2D eigenvalue weighted by Gasteiger charge is 2.66. The van der Waals surface area contributed by atoms with Crippen molar-refractivity contribution in [2.75, 3.05) is 77.5 Å². The summed E-state index contributed by atoms with van der Waals surface area (Å²) < 4.78 is 25.4. The van der Waals surface area contributed by atoms with Crippen LogP contribution in [0.25, 0.3) is 11.0 Å². The van der Waals surface area contributed by atoms with Gasteiger partial charge in [-0.15, -0.1) is 6.58 Å². The first-order valence-electron chi connectivity index (χ1n) is 29.6. The van der Waals surface area contributed by atoms with E-state index in [4.69, 9.17) is 36.0 Å². The molecule has 0 bridgehead atoms. The van der Waals surface area contributed by atoms with Crippen LogP contribution in [0.15, 0.2) is 29.4 Å². The molecule has 7 N–H and O–H groups in total. The Morgan fingerprint density at radius 3 is 2.27 bits per heavy atom. The van der Waals surface area contributed by atoms with Crippen molar-refractivity contribution >= 4 is 34.2 Å². The van der Waals surface area contributed by atoms with Crippen molar-refractivity contribution < 1.29 is 33.4 Å². The van der Waals surface area contributed by atoms with Crippen LogP contribution >= 0.6 is 0 Å². The minimum absolute atomic E-state index is 0.00730. The Kier molecular flexibility index (Phi) is 24.5. The number of nitrogens with one attached hydrogen (secondary N) is 1. The molecule has 11 atom stereocenters. The molecule has 1 heterocycles. The number of nitro groups is 1. The molecule has 0 saturated heterocycles. The topological polar surface area (TPSA) is 240 Å². The first-order valence-corrected chi connectivity index (χ1v) is 29.6. The Bertz CT molecular complexity index is 2060. The van der Waals surface area contributed by atoms with Crippen LogP contribution in [0.1, 0.15) is 169 Å². The normalized spacial score (nSPS) is 27.6. The lowest BCUT2D eigenvalue weighted by Crippen LogP contribution is -2.63. The van der Waals surface area contributed by atoms with Crippen LogP contribution in [0.2, 0.25) is 0 Å².